The number of carboxylic acids is 1. The van der Waals surface area contributed by atoms with Gasteiger partial charge in [-0.1, -0.05) is 169 Å². The fraction of sp³-hybridized carbons (Fsp3) is 0.457. The Morgan fingerprint density at radius 2 is 1.43 bits per heavy atom. The van der Waals surface area contributed by atoms with E-state index in [4.69, 9.17) is 0 Å². The average Bonchev–Trinajstić information content (AvgIpc) is 2.96. The third-order valence-corrected chi connectivity index (χ3v) is 3.94. The van der Waals surface area contributed by atoms with Crippen LogP contribution in [-0.2, 0) is 4.79 Å². The van der Waals surface area contributed by atoms with E-state index >= 15 is 0 Å². The van der Waals surface area contributed by atoms with E-state index < -0.39 is 11.9 Å². The van der Waals surface area contributed by atoms with Crippen LogP contribution in [0.25, 0.3) is 6.08 Å². The highest BCUT2D eigenvalue weighted by Gasteiger charge is 2.24. The zero-order chi connectivity index (χ0) is 29.4. The van der Waals surface area contributed by atoms with E-state index in [1.165, 1.54) is 0 Å². The molecule has 0 heterocycles. The Morgan fingerprint density at radius 1 is 0.919 bits per heavy atom. The lowest BCUT2D eigenvalue weighted by molar-refractivity contribution is -0.137. The summed E-state index contributed by atoms with van der Waals surface area (Å²) in [6.45, 7) is 29.7. The van der Waals surface area contributed by atoms with Crippen molar-refractivity contribution in [3.63, 3.8) is 0 Å². The van der Waals surface area contributed by atoms with Crippen molar-refractivity contribution in [2.75, 3.05) is 0 Å². The summed E-state index contributed by atoms with van der Waals surface area (Å²) in [6.07, 6.45) is 18.1. The summed E-state index contributed by atoms with van der Waals surface area (Å²) in [5.74, 6) is -1.55. The van der Waals surface area contributed by atoms with E-state index in [0.29, 0.717) is 0 Å². The largest absolute Gasteiger partial charge is 0.481 e. The van der Waals surface area contributed by atoms with Crippen molar-refractivity contribution in [1.82, 2.24) is 0 Å². The molecule has 214 valence electrons. The molecule has 0 fully saturated rings. The molecule has 2 nitrogen and oxygen atoms in total. The molecule has 0 saturated heterocycles. The summed E-state index contributed by atoms with van der Waals surface area (Å²) < 4.78 is 0. The van der Waals surface area contributed by atoms with E-state index in [-0.39, 0.29) is 7.43 Å². The van der Waals surface area contributed by atoms with Crippen molar-refractivity contribution in [2.45, 2.75) is 110 Å². The molecular weight excluding hydrogens is 452 g/mol. The third kappa shape index (κ3) is 23.3. The number of rotatable bonds is 9. The fourth-order valence-corrected chi connectivity index (χ4v) is 2.58. The zero-order valence-corrected chi connectivity index (χ0v) is 25.9. The minimum Gasteiger partial charge on any atom is -0.481 e. The minimum absolute atomic E-state index is 0. The van der Waals surface area contributed by atoms with Gasteiger partial charge in [0.15, 0.2) is 0 Å². The van der Waals surface area contributed by atoms with E-state index in [2.05, 4.69) is 6.58 Å². The highest BCUT2D eigenvalue weighted by atomic mass is 16.4. The molecule has 0 saturated carbocycles. The third-order valence-electron chi connectivity index (χ3n) is 3.94. The molecular formula is C35H62O2. The van der Waals surface area contributed by atoms with Gasteiger partial charge in [-0.15, -0.1) is 0 Å². The van der Waals surface area contributed by atoms with Crippen LogP contribution in [0.15, 0.2) is 90.6 Å². The summed E-state index contributed by atoms with van der Waals surface area (Å²) >= 11 is 0. The number of carbonyl (C=O) groups is 1. The van der Waals surface area contributed by atoms with Crippen molar-refractivity contribution in [1.29, 1.82) is 0 Å². The molecule has 1 aromatic rings. The molecule has 2 heteroatoms. The monoisotopic (exact) mass is 514 g/mol. The summed E-state index contributed by atoms with van der Waals surface area (Å²) in [5.41, 5.74) is 3.41. The molecule has 0 aliphatic heterocycles. The molecule has 0 amide bonds. The van der Waals surface area contributed by atoms with Gasteiger partial charge in [0.25, 0.3) is 0 Å². The molecule has 0 aliphatic rings. The number of hydrogen-bond acceptors (Lipinski definition) is 1. The van der Waals surface area contributed by atoms with Gasteiger partial charge in [0.05, 0.1) is 0 Å². The van der Waals surface area contributed by atoms with Crippen molar-refractivity contribution in [3.05, 3.63) is 102 Å². The zero-order valence-electron chi connectivity index (χ0n) is 25.9. The standard InChI is InChI=1S/C24H28O2.5C2H6.CH4/c1-5-9-13-19(7-3)17-18-21-15-11-12-16-22(21)23(24(25)26)20(8-4)14-10-6-2;5*1-2;/h5,7-18,23H,3,6H2,1-2,4H3,(H,25,26);5*1-2H3;1H4/b9-5-,14-10-,18-17+,19-13+,20-8+;;;;;;. The predicted molar refractivity (Wildman–Crippen MR) is 176 cm³/mol. The molecule has 1 N–H and O–H groups in total. The van der Waals surface area contributed by atoms with Gasteiger partial charge in [-0.05, 0) is 42.5 Å². The second kappa shape index (κ2) is 40.3. The van der Waals surface area contributed by atoms with Crippen LogP contribution in [0.3, 0.4) is 0 Å². The van der Waals surface area contributed by atoms with Crippen molar-refractivity contribution in [3.8, 4) is 0 Å². The van der Waals surface area contributed by atoms with Gasteiger partial charge in [-0.3, -0.25) is 4.79 Å². The number of hydrogen-bond donors (Lipinski definition) is 1. The van der Waals surface area contributed by atoms with E-state index in [9.17, 15) is 9.90 Å². The van der Waals surface area contributed by atoms with E-state index in [0.717, 1.165) is 28.7 Å². The lowest BCUT2D eigenvalue weighted by Gasteiger charge is -2.17. The maximum absolute atomic E-state index is 12.0. The fourth-order valence-electron chi connectivity index (χ4n) is 2.58. The molecule has 1 aromatic carbocycles. The molecule has 0 spiro atoms. The average molecular weight is 515 g/mol. The minimum atomic E-state index is -0.854. The molecule has 0 aromatic heterocycles. The second-order valence-electron chi connectivity index (χ2n) is 5.73. The van der Waals surface area contributed by atoms with Crippen molar-refractivity contribution >= 4 is 12.0 Å². The number of carboxylic acid groups (broad SMARTS) is 1. The summed E-state index contributed by atoms with van der Waals surface area (Å²) in [5, 5.41) is 9.86. The lowest BCUT2D eigenvalue weighted by atomic mass is 9.87. The Kier molecular flexibility index (Phi) is 51.6. The number of aliphatic carboxylic acids is 1. The van der Waals surface area contributed by atoms with Gasteiger partial charge < -0.3 is 5.11 Å². The highest BCUT2D eigenvalue weighted by Crippen LogP contribution is 2.30. The Labute approximate surface area is 233 Å². The van der Waals surface area contributed by atoms with Crippen LogP contribution < -0.4 is 0 Å². The summed E-state index contributed by atoms with van der Waals surface area (Å²) in [7, 11) is 0. The van der Waals surface area contributed by atoms with Gasteiger partial charge >= 0.3 is 5.97 Å². The molecule has 1 unspecified atom stereocenters. The van der Waals surface area contributed by atoms with E-state index in [1.807, 2.05) is 163 Å². The predicted octanol–water partition coefficient (Wildman–Crippen LogP) is 12.2. The number of benzene rings is 1. The molecule has 0 bridgehead atoms. The van der Waals surface area contributed by atoms with Crippen LogP contribution in [0, 0.1) is 0 Å². The van der Waals surface area contributed by atoms with Crippen LogP contribution in [0.1, 0.15) is 121 Å². The Bertz CT molecular complexity index is 759. The summed E-state index contributed by atoms with van der Waals surface area (Å²) in [6, 6.07) is 7.62. The Morgan fingerprint density at radius 3 is 1.84 bits per heavy atom. The molecule has 1 rings (SSSR count). The van der Waals surface area contributed by atoms with Crippen LogP contribution in [0.5, 0.6) is 0 Å². The van der Waals surface area contributed by atoms with Crippen LogP contribution >= 0.6 is 0 Å². The van der Waals surface area contributed by atoms with E-state index in [1.54, 1.807) is 6.08 Å². The van der Waals surface area contributed by atoms with Gasteiger partial charge in [0.1, 0.15) is 5.92 Å². The smallest absolute Gasteiger partial charge is 0.315 e. The first-order valence-electron chi connectivity index (χ1n) is 13.9. The Balaban J connectivity index is -0.000000194. The van der Waals surface area contributed by atoms with Gasteiger partial charge in [-0.25, -0.2) is 0 Å². The summed E-state index contributed by atoms with van der Waals surface area (Å²) in [4.78, 5) is 12.0. The molecule has 1 atom stereocenters. The van der Waals surface area contributed by atoms with Crippen molar-refractivity contribution in [2.24, 2.45) is 0 Å². The van der Waals surface area contributed by atoms with Gasteiger partial charge in [0, 0.05) is 0 Å². The maximum Gasteiger partial charge on any atom is 0.315 e. The SMILES string of the molecule is C.C=CC(/C=C/c1ccccc1C(C(=O)O)C(/C=C\CC)=C/C)=C\C=C/C.CC.CC.CC.CC.CC. The molecule has 0 radical (unpaired) electrons. The molecule has 0 aliphatic carbocycles. The Hall–Kier alpha value is -2.87. The van der Waals surface area contributed by atoms with Gasteiger partial charge in [0.2, 0.25) is 0 Å². The lowest BCUT2D eigenvalue weighted by Crippen LogP contribution is -2.14. The normalized spacial score (nSPS) is 10.9. The van der Waals surface area contributed by atoms with Gasteiger partial charge in [-0.2, -0.15) is 0 Å². The number of allylic oxidation sites excluding steroid dienone is 9. The highest BCUT2D eigenvalue weighted by molar-refractivity contribution is 5.83. The quantitative estimate of drug-likeness (QED) is 0.333. The van der Waals surface area contributed by atoms with Crippen LogP contribution in [0.2, 0.25) is 0 Å². The van der Waals surface area contributed by atoms with Crippen LogP contribution in [0.4, 0.5) is 0 Å². The van der Waals surface area contributed by atoms with Crippen molar-refractivity contribution < 1.29 is 9.90 Å². The molecule has 37 heavy (non-hydrogen) atoms. The second-order valence-corrected chi connectivity index (χ2v) is 5.73. The first-order chi connectivity index (χ1) is 17.6. The van der Waals surface area contributed by atoms with Crippen LogP contribution in [-0.4, -0.2) is 11.1 Å². The first-order valence-corrected chi connectivity index (χ1v) is 13.9. The first kappa shape index (κ1) is 47.3. The maximum atomic E-state index is 12.0. The topological polar surface area (TPSA) is 37.3 Å².